The largest absolute Gasteiger partial charge is 0.360 e. The van der Waals surface area contributed by atoms with Crippen molar-refractivity contribution in [1.82, 2.24) is 0 Å². The van der Waals surface area contributed by atoms with Gasteiger partial charge in [0, 0.05) is 16.9 Å². The number of nitrogens with zero attached hydrogens (tertiary/aromatic N) is 1. The second kappa shape index (κ2) is 8.27. The first-order chi connectivity index (χ1) is 12.2. The van der Waals surface area contributed by atoms with E-state index < -0.39 is 5.91 Å². The topological polar surface area (TPSA) is 64.9 Å². The number of carbonyl (C=O) groups is 1. The maximum Gasteiger partial charge on any atom is 0.267 e. The Morgan fingerprint density at radius 3 is 2.35 bits per heavy atom. The summed E-state index contributed by atoms with van der Waals surface area (Å²) in [6, 6.07) is 14.4. The van der Waals surface area contributed by atoms with Crippen LogP contribution in [0.5, 0.6) is 0 Å². The predicted molar refractivity (Wildman–Crippen MR) is 108 cm³/mol. The van der Waals surface area contributed by atoms with Gasteiger partial charge in [0.25, 0.3) is 5.91 Å². The average Bonchev–Trinajstić information content (AvgIpc) is 2.58. The Labute approximate surface area is 163 Å². The third-order valence-electron chi connectivity index (χ3n) is 3.68. The summed E-state index contributed by atoms with van der Waals surface area (Å²) in [5.74, 6) is -0.574. The molecule has 4 nitrogen and oxygen atoms in total. The van der Waals surface area contributed by atoms with Crippen LogP contribution >= 0.6 is 23.2 Å². The zero-order chi connectivity index (χ0) is 19.3. The zero-order valence-corrected chi connectivity index (χ0v) is 16.2. The molecule has 1 amide bonds. The molecule has 0 saturated carbocycles. The summed E-state index contributed by atoms with van der Waals surface area (Å²) in [5.41, 5.74) is 2.29. The van der Waals surface area contributed by atoms with E-state index in [1.807, 2.05) is 30.3 Å². The number of halogens is 2. The van der Waals surface area contributed by atoms with Gasteiger partial charge in [0.05, 0.1) is 10.7 Å². The van der Waals surface area contributed by atoms with E-state index in [1.165, 1.54) is 17.8 Å². The van der Waals surface area contributed by atoms with Crippen molar-refractivity contribution < 1.29 is 4.79 Å². The van der Waals surface area contributed by atoms with Crippen molar-refractivity contribution in [2.45, 2.75) is 26.2 Å². The number of rotatable bonds is 4. The zero-order valence-electron chi connectivity index (χ0n) is 14.7. The summed E-state index contributed by atoms with van der Waals surface area (Å²) in [4.78, 5) is 12.3. The van der Waals surface area contributed by atoms with Crippen molar-refractivity contribution in [2.24, 2.45) is 0 Å². The fourth-order valence-electron chi connectivity index (χ4n) is 2.15. The van der Waals surface area contributed by atoms with Crippen LogP contribution in [0.4, 0.5) is 11.4 Å². The summed E-state index contributed by atoms with van der Waals surface area (Å²) in [7, 11) is 0. The Hall–Kier alpha value is -2.48. The highest BCUT2D eigenvalue weighted by Crippen LogP contribution is 2.26. The second-order valence-corrected chi connectivity index (χ2v) is 7.56. The molecule has 2 rings (SSSR count). The first-order valence-corrected chi connectivity index (χ1v) is 8.70. The van der Waals surface area contributed by atoms with Gasteiger partial charge in [0.15, 0.2) is 0 Å². The normalized spacial score (nSPS) is 11.6. The van der Waals surface area contributed by atoms with Gasteiger partial charge in [-0.2, -0.15) is 5.26 Å². The predicted octanol–water partition coefficient (Wildman–Crippen LogP) is 5.75. The smallest absolute Gasteiger partial charge is 0.267 e. The number of carbonyl (C=O) groups excluding carboxylic acids is 1. The lowest BCUT2D eigenvalue weighted by Crippen LogP contribution is -2.15. The Bertz CT molecular complexity index is 875. The van der Waals surface area contributed by atoms with Gasteiger partial charge in [-0.15, -0.1) is 0 Å². The molecule has 2 N–H and O–H groups in total. The molecule has 6 heteroatoms. The van der Waals surface area contributed by atoms with Crippen LogP contribution in [0.15, 0.2) is 54.2 Å². The number of hydrogen-bond acceptors (Lipinski definition) is 3. The fourth-order valence-corrected chi connectivity index (χ4v) is 2.49. The standard InChI is InChI=1S/C20H19Cl2N3O/c1-20(2,3)14-4-7-16(8-5-14)24-12-13(11-23)19(26)25-18-10-15(21)6-9-17(18)22/h4-10,12,24H,1-3H3,(H,25,26)/b13-12-. The molecule has 0 bridgehead atoms. The minimum Gasteiger partial charge on any atom is -0.360 e. The quantitative estimate of drug-likeness (QED) is 0.518. The van der Waals surface area contributed by atoms with Crippen molar-refractivity contribution in [2.75, 3.05) is 10.6 Å². The van der Waals surface area contributed by atoms with E-state index in [2.05, 4.69) is 31.4 Å². The number of nitrogens with one attached hydrogen (secondary N) is 2. The van der Waals surface area contributed by atoms with Gasteiger partial charge in [-0.1, -0.05) is 56.1 Å². The summed E-state index contributed by atoms with van der Waals surface area (Å²) in [5, 5.41) is 15.6. The molecule has 0 aliphatic carbocycles. The van der Waals surface area contributed by atoms with Crippen LogP contribution in [0.1, 0.15) is 26.3 Å². The Morgan fingerprint density at radius 2 is 1.77 bits per heavy atom. The molecule has 0 radical (unpaired) electrons. The maximum atomic E-state index is 12.3. The second-order valence-electron chi connectivity index (χ2n) is 6.72. The van der Waals surface area contributed by atoms with Gasteiger partial charge in [0.2, 0.25) is 0 Å². The molecule has 0 aliphatic heterocycles. The number of nitriles is 1. The van der Waals surface area contributed by atoms with E-state index in [0.29, 0.717) is 15.7 Å². The van der Waals surface area contributed by atoms with E-state index in [9.17, 15) is 10.1 Å². The fraction of sp³-hybridized carbons (Fsp3) is 0.200. The molecule has 0 heterocycles. The molecular formula is C20H19Cl2N3O. The lowest BCUT2D eigenvalue weighted by Gasteiger charge is -2.19. The van der Waals surface area contributed by atoms with Gasteiger partial charge in [0.1, 0.15) is 11.6 Å². The van der Waals surface area contributed by atoms with Gasteiger partial charge in [-0.3, -0.25) is 4.79 Å². The Balaban J connectivity index is 2.11. The lowest BCUT2D eigenvalue weighted by molar-refractivity contribution is -0.112. The molecule has 0 aromatic heterocycles. The van der Waals surface area contributed by atoms with Crippen molar-refractivity contribution in [3.8, 4) is 6.07 Å². The van der Waals surface area contributed by atoms with E-state index in [0.717, 1.165) is 5.69 Å². The van der Waals surface area contributed by atoms with E-state index in [1.54, 1.807) is 12.1 Å². The number of amides is 1. The number of hydrogen-bond donors (Lipinski definition) is 2. The summed E-state index contributed by atoms with van der Waals surface area (Å²) >= 11 is 11.9. The molecule has 26 heavy (non-hydrogen) atoms. The van der Waals surface area contributed by atoms with Crippen LogP contribution in [0.25, 0.3) is 0 Å². The summed E-state index contributed by atoms with van der Waals surface area (Å²) in [6.45, 7) is 6.40. The van der Waals surface area contributed by atoms with Gasteiger partial charge in [-0.25, -0.2) is 0 Å². The van der Waals surface area contributed by atoms with Crippen LogP contribution in [-0.2, 0) is 10.2 Å². The van der Waals surface area contributed by atoms with Crippen LogP contribution in [-0.4, -0.2) is 5.91 Å². The Kier molecular flexibility index (Phi) is 6.31. The lowest BCUT2D eigenvalue weighted by atomic mass is 9.87. The molecular weight excluding hydrogens is 369 g/mol. The molecule has 2 aromatic rings. The third-order valence-corrected chi connectivity index (χ3v) is 4.24. The maximum absolute atomic E-state index is 12.3. The number of benzene rings is 2. The molecule has 2 aromatic carbocycles. The van der Waals surface area contributed by atoms with Crippen LogP contribution in [0.2, 0.25) is 10.0 Å². The highest BCUT2D eigenvalue weighted by atomic mass is 35.5. The van der Waals surface area contributed by atoms with Crippen molar-refractivity contribution in [3.63, 3.8) is 0 Å². The Morgan fingerprint density at radius 1 is 1.12 bits per heavy atom. The first-order valence-electron chi connectivity index (χ1n) is 7.94. The summed E-state index contributed by atoms with van der Waals surface area (Å²) < 4.78 is 0. The molecule has 134 valence electrons. The molecule has 0 atom stereocenters. The van der Waals surface area contributed by atoms with Crippen molar-refractivity contribution >= 4 is 40.5 Å². The molecule has 0 spiro atoms. The van der Waals surface area contributed by atoms with E-state index >= 15 is 0 Å². The third kappa shape index (κ3) is 5.26. The monoisotopic (exact) mass is 387 g/mol. The van der Waals surface area contributed by atoms with Gasteiger partial charge in [-0.05, 0) is 41.3 Å². The van der Waals surface area contributed by atoms with Crippen LogP contribution < -0.4 is 10.6 Å². The average molecular weight is 388 g/mol. The van der Waals surface area contributed by atoms with E-state index in [4.69, 9.17) is 23.2 Å². The SMILES string of the molecule is CC(C)(C)c1ccc(N/C=C(/C#N)C(=O)Nc2cc(Cl)ccc2Cl)cc1. The molecule has 0 aliphatic rings. The first kappa shape index (κ1) is 19.8. The van der Waals surface area contributed by atoms with Crippen molar-refractivity contribution in [1.29, 1.82) is 5.26 Å². The van der Waals surface area contributed by atoms with Gasteiger partial charge < -0.3 is 10.6 Å². The summed E-state index contributed by atoms with van der Waals surface area (Å²) in [6.07, 6.45) is 1.36. The molecule has 0 fully saturated rings. The van der Waals surface area contributed by atoms with E-state index in [-0.39, 0.29) is 11.0 Å². The highest BCUT2D eigenvalue weighted by Gasteiger charge is 2.13. The molecule has 0 unspecified atom stereocenters. The van der Waals surface area contributed by atoms with Gasteiger partial charge >= 0.3 is 0 Å². The highest BCUT2D eigenvalue weighted by molar-refractivity contribution is 6.35. The van der Waals surface area contributed by atoms with Crippen LogP contribution in [0.3, 0.4) is 0 Å². The minimum absolute atomic E-state index is 0.0578. The minimum atomic E-state index is -0.574. The van der Waals surface area contributed by atoms with Crippen molar-refractivity contribution in [3.05, 3.63) is 69.8 Å². The molecule has 0 saturated heterocycles. The number of anilines is 2. The van der Waals surface area contributed by atoms with Crippen LogP contribution in [0, 0.1) is 11.3 Å².